The Balaban J connectivity index is 0.895. The normalized spacial score (nSPS) is 15.4. The van der Waals surface area contributed by atoms with Crippen LogP contribution in [0, 0.1) is 0 Å². The molecule has 1 amide bonds. The van der Waals surface area contributed by atoms with E-state index in [4.69, 9.17) is 47.5 Å². The van der Waals surface area contributed by atoms with Crippen LogP contribution in [-0.4, -0.2) is 74.6 Å². The fraction of sp³-hybridized carbons (Fsp3) is 0.422. The quantitative estimate of drug-likeness (QED) is 0.0733. The number of carbonyl (C=O) groups excluding carboxylic acids is 1. The lowest BCUT2D eigenvalue weighted by atomic mass is 9.99. The van der Waals surface area contributed by atoms with Crippen LogP contribution in [0.5, 0.6) is 51.7 Å². The highest BCUT2D eigenvalue weighted by molar-refractivity contribution is 6.03. The minimum atomic E-state index is -0.401. The van der Waals surface area contributed by atoms with Crippen LogP contribution in [0.15, 0.2) is 65.8 Å². The number of hydrogen-bond acceptors (Lipinski definition) is 13. The fourth-order valence-electron chi connectivity index (χ4n) is 7.16. The first-order valence-electron chi connectivity index (χ1n) is 19.8. The van der Waals surface area contributed by atoms with Crippen LogP contribution in [-0.2, 0) is 4.84 Å². The van der Waals surface area contributed by atoms with Gasteiger partial charge >= 0.3 is 0 Å². The van der Waals surface area contributed by atoms with Crippen LogP contribution in [0.25, 0.3) is 0 Å². The Morgan fingerprint density at radius 3 is 1.78 bits per heavy atom. The Morgan fingerprint density at radius 2 is 1.17 bits per heavy atom. The van der Waals surface area contributed by atoms with E-state index in [1.54, 1.807) is 55.8 Å². The number of unbranched alkanes of at least 4 members (excludes halogenated alkanes) is 6. The van der Waals surface area contributed by atoms with E-state index in [1.165, 1.54) is 0 Å². The zero-order valence-electron chi connectivity index (χ0n) is 34.9. The van der Waals surface area contributed by atoms with Crippen molar-refractivity contribution in [1.82, 2.24) is 5.32 Å². The van der Waals surface area contributed by atoms with E-state index in [0.29, 0.717) is 76.9 Å². The molecule has 14 nitrogen and oxygen atoms in total. The Hall–Kier alpha value is -6.18. The van der Waals surface area contributed by atoms with Gasteiger partial charge in [-0.15, -0.1) is 0 Å². The molecule has 0 fully saturated rings. The van der Waals surface area contributed by atoms with E-state index >= 15 is 0 Å². The molecule has 0 aliphatic carbocycles. The molecular weight excluding hydrogens is 759 g/mol. The SMILES string of the molecule is COc1ccc2c(c1)C(=O)NC(c1ccc(OCCCCCCCCCOc3c(OC)cc(C4CC(c5cc(OC)c(OC)c(OC)c5)=NO4)cc3OC)c(OC)c1)N2. The Morgan fingerprint density at radius 1 is 0.576 bits per heavy atom. The fourth-order valence-corrected chi connectivity index (χ4v) is 7.16. The Labute approximate surface area is 346 Å². The summed E-state index contributed by atoms with van der Waals surface area (Å²) in [6.45, 7) is 1.13. The Bertz CT molecular complexity index is 2040. The smallest absolute Gasteiger partial charge is 0.255 e. The predicted octanol–water partition coefficient (Wildman–Crippen LogP) is 8.66. The summed E-state index contributed by atoms with van der Waals surface area (Å²) in [5.74, 6) is 5.07. The molecule has 2 aliphatic rings. The van der Waals surface area contributed by atoms with Crippen molar-refractivity contribution in [3.63, 3.8) is 0 Å². The van der Waals surface area contributed by atoms with Gasteiger partial charge in [0.1, 0.15) is 11.9 Å². The predicted molar refractivity (Wildman–Crippen MR) is 224 cm³/mol. The summed E-state index contributed by atoms with van der Waals surface area (Å²) < 4.78 is 51.2. The third kappa shape index (κ3) is 10.1. The maximum absolute atomic E-state index is 12.8. The standard InChI is InChI=1S/C45H55N3O11/c1-50-31-16-17-33-32(26-31)45(49)47-44(46-33)28-15-18-35(37(21-28)51-2)57-19-13-11-9-8-10-12-14-20-58-43-40(54-5)24-30(25-41(43)55-6)36-27-34(48-59-36)29-22-38(52-3)42(56-7)39(23-29)53-4/h15-18,21-26,36,44,46H,8-14,19-20,27H2,1-7H3,(H,47,49). The summed E-state index contributed by atoms with van der Waals surface area (Å²) >= 11 is 0. The van der Waals surface area contributed by atoms with Gasteiger partial charge in [0.25, 0.3) is 5.91 Å². The molecule has 59 heavy (non-hydrogen) atoms. The number of benzene rings is 4. The summed E-state index contributed by atoms with van der Waals surface area (Å²) in [5.41, 5.74) is 4.57. The average Bonchev–Trinajstić information content (AvgIpc) is 3.78. The molecule has 4 aromatic rings. The molecule has 2 heterocycles. The summed E-state index contributed by atoms with van der Waals surface area (Å²) in [6, 6.07) is 18.7. The summed E-state index contributed by atoms with van der Waals surface area (Å²) in [6.07, 6.45) is 7.12. The average molecular weight is 814 g/mol. The minimum Gasteiger partial charge on any atom is -0.497 e. The number of ether oxygens (including phenoxy) is 9. The number of oxime groups is 1. The van der Waals surface area contributed by atoms with Crippen LogP contribution >= 0.6 is 0 Å². The van der Waals surface area contributed by atoms with Crippen molar-refractivity contribution in [3.8, 4) is 51.7 Å². The molecule has 0 spiro atoms. The number of rotatable bonds is 22. The van der Waals surface area contributed by atoms with Crippen molar-refractivity contribution < 1.29 is 52.3 Å². The first-order valence-corrected chi connectivity index (χ1v) is 19.8. The molecule has 0 aromatic heterocycles. The summed E-state index contributed by atoms with van der Waals surface area (Å²) in [4.78, 5) is 18.7. The Kier molecular flexibility index (Phi) is 14.7. The van der Waals surface area contributed by atoms with Crippen molar-refractivity contribution in [3.05, 3.63) is 82.9 Å². The second-order valence-electron chi connectivity index (χ2n) is 14.0. The van der Waals surface area contributed by atoms with Gasteiger partial charge in [-0.2, -0.15) is 0 Å². The monoisotopic (exact) mass is 813 g/mol. The van der Waals surface area contributed by atoms with Crippen molar-refractivity contribution >= 4 is 17.3 Å². The summed E-state index contributed by atoms with van der Waals surface area (Å²) in [5, 5.41) is 10.8. The maximum atomic E-state index is 12.8. The summed E-state index contributed by atoms with van der Waals surface area (Å²) in [7, 11) is 11.2. The molecule has 2 aliphatic heterocycles. The van der Waals surface area contributed by atoms with Crippen molar-refractivity contribution in [2.24, 2.45) is 5.16 Å². The van der Waals surface area contributed by atoms with Gasteiger partial charge in [0, 0.05) is 23.2 Å². The van der Waals surface area contributed by atoms with Gasteiger partial charge in [0.05, 0.1) is 74.3 Å². The van der Waals surface area contributed by atoms with Gasteiger partial charge in [0.15, 0.2) is 40.6 Å². The second kappa shape index (κ2) is 20.5. The van der Waals surface area contributed by atoms with Gasteiger partial charge in [0.2, 0.25) is 11.5 Å². The number of nitrogens with zero attached hydrogens (tertiary/aromatic N) is 1. The van der Waals surface area contributed by atoms with E-state index in [0.717, 1.165) is 73.0 Å². The molecule has 14 heteroatoms. The minimum absolute atomic E-state index is 0.171. The van der Waals surface area contributed by atoms with Gasteiger partial charge in [-0.1, -0.05) is 43.3 Å². The van der Waals surface area contributed by atoms with Gasteiger partial charge in [-0.05, 0) is 73.0 Å². The molecule has 4 aromatic carbocycles. The number of fused-ring (bicyclic) bond motifs is 1. The largest absolute Gasteiger partial charge is 0.497 e. The first-order chi connectivity index (χ1) is 28.8. The lowest BCUT2D eigenvalue weighted by molar-refractivity contribution is 0.0852. The van der Waals surface area contributed by atoms with Gasteiger partial charge in [-0.3, -0.25) is 4.79 Å². The molecule has 0 saturated carbocycles. The number of carbonyl (C=O) groups is 1. The highest BCUT2D eigenvalue weighted by Gasteiger charge is 2.29. The molecule has 0 saturated heterocycles. The van der Waals surface area contributed by atoms with Gasteiger partial charge < -0.3 is 58.1 Å². The third-order valence-corrected chi connectivity index (χ3v) is 10.4. The highest BCUT2D eigenvalue weighted by atomic mass is 16.6. The number of anilines is 1. The molecule has 2 unspecified atom stereocenters. The number of hydrogen-bond donors (Lipinski definition) is 2. The van der Waals surface area contributed by atoms with Crippen LogP contribution in [0.3, 0.4) is 0 Å². The maximum Gasteiger partial charge on any atom is 0.255 e. The van der Waals surface area contributed by atoms with E-state index in [9.17, 15) is 4.79 Å². The second-order valence-corrected chi connectivity index (χ2v) is 14.0. The topological polar surface area (TPSA) is 146 Å². The molecular formula is C45H55N3O11. The molecule has 316 valence electrons. The van der Waals surface area contributed by atoms with E-state index in [2.05, 4.69) is 15.8 Å². The molecule has 0 radical (unpaired) electrons. The third-order valence-electron chi connectivity index (χ3n) is 10.4. The van der Waals surface area contributed by atoms with Crippen molar-refractivity contribution in [1.29, 1.82) is 0 Å². The van der Waals surface area contributed by atoms with Gasteiger partial charge in [-0.25, -0.2) is 0 Å². The number of methoxy groups -OCH3 is 7. The van der Waals surface area contributed by atoms with Crippen molar-refractivity contribution in [2.45, 2.75) is 63.6 Å². The van der Waals surface area contributed by atoms with Crippen LogP contribution in [0.4, 0.5) is 5.69 Å². The molecule has 2 N–H and O–H groups in total. The van der Waals surface area contributed by atoms with E-state index in [1.807, 2.05) is 54.6 Å². The van der Waals surface area contributed by atoms with E-state index in [-0.39, 0.29) is 12.0 Å². The zero-order chi connectivity index (χ0) is 41.7. The molecule has 0 bridgehead atoms. The zero-order valence-corrected chi connectivity index (χ0v) is 34.9. The lowest BCUT2D eigenvalue weighted by Crippen LogP contribution is -2.38. The molecule has 6 rings (SSSR count). The number of nitrogens with one attached hydrogen (secondary N) is 2. The van der Waals surface area contributed by atoms with Crippen molar-refractivity contribution in [2.75, 3.05) is 68.3 Å². The van der Waals surface area contributed by atoms with E-state index < -0.39 is 6.17 Å². The van der Waals surface area contributed by atoms with Crippen LogP contribution in [0.2, 0.25) is 0 Å². The van der Waals surface area contributed by atoms with Crippen LogP contribution < -0.4 is 53.3 Å². The highest BCUT2D eigenvalue weighted by Crippen LogP contribution is 2.44. The number of amides is 1. The van der Waals surface area contributed by atoms with Crippen LogP contribution in [0.1, 0.15) is 90.7 Å². The first kappa shape index (κ1) is 42.4. The lowest BCUT2D eigenvalue weighted by Gasteiger charge is -2.28. The molecule has 2 atom stereocenters.